The first-order chi connectivity index (χ1) is 11.4. The summed E-state index contributed by atoms with van der Waals surface area (Å²) in [4.78, 5) is 4.61. The summed E-state index contributed by atoms with van der Waals surface area (Å²) in [5, 5.41) is 4.35. The Morgan fingerprint density at radius 2 is 1.74 bits per heavy atom. The van der Waals surface area contributed by atoms with Crippen LogP contribution in [0.15, 0.2) is 60.7 Å². The number of hydrogen-bond acceptors (Lipinski definition) is 5. The summed E-state index contributed by atoms with van der Waals surface area (Å²) in [6, 6.07) is 20.6. The first-order valence-corrected chi connectivity index (χ1v) is 8.50. The Bertz CT molecular complexity index is 760. The highest BCUT2D eigenvalue weighted by atomic mass is 32.1. The second-order valence-electron chi connectivity index (χ2n) is 5.53. The molecule has 0 unspecified atom stereocenters. The lowest BCUT2D eigenvalue weighted by Crippen LogP contribution is -2.23. The fourth-order valence-corrected chi connectivity index (χ4v) is 3.50. The van der Waals surface area contributed by atoms with Crippen LogP contribution in [0.2, 0.25) is 0 Å². The molecule has 1 aliphatic heterocycles. The van der Waals surface area contributed by atoms with E-state index in [1.807, 2.05) is 48.5 Å². The van der Waals surface area contributed by atoms with Crippen LogP contribution in [-0.2, 0) is 4.74 Å². The van der Waals surface area contributed by atoms with Gasteiger partial charge in [-0.3, -0.25) is 0 Å². The summed E-state index contributed by atoms with van der Waals surface area (Å²) >= 11 is 1.40. The van der Waals surface area contributed by atoms with E-state index in [0.29, 0.717) is 0 Å². The van der Waals surface area contributed by atoms with Gasteiger partial charge in [0.05, 0.1) is 6.04 Å². The lowest BCUT2D eigenvalue weighted by atomic mass is 10.0. The zero-order valence-corrected chi connectivity index (χ0v) is 13.4. The first-order valence-electron chi connectivity index (χ1n) is 7.72. The van der Waals surface area contributed by atoms with Crippen molar-refractivity contribution in [2.24, 2.45) is 0 Å². The van der Waals surface area contributed by atoms with Crippen molar-refractivity contribution in [3.63, 3.8) is 0 Å². The predicted molar refractivity (Wildman–Crippen MR) is 92.5 cm³/mol. The Kier molecular flexibility index (Phi) is 4.05. The Labute approximate surface area is 139 Å². The third-order valence-electron chi connectivity index (χ3n) is 3.99. The zero-order chi connectivity index (χ0) is 15.5. The third kappa shape index (κ3) is 3.11. The molecule has 2 heterocycles. The molecule has 116 valence electrons. The minimum absolute atomic E-state index is 0.0697. The highest BCUT2D eigenvalue weighted by Crippen LogP contribution is 2.32. The van der Waals surface area contributed by atoms with Crippen LogP contribution in [0, 0.1) is 0 Å². The second-order valence-corrected chi connectivity index (χ2v) is 6.28. The topological polar surface area (TPSA) is 47.0 Å². The van der Waals surface area contributed by atoms with E-state index in [2.05, 4.69) is 26.8 Å². The summed E-state index contributed by atoms with van der Waals surface area (Å²) in [5.41, 5.74) is 2.24. The standard InChI is InChI=1S/C18H17N3OS/c1-3-7-13(8-4-1)16-15(11-12-22-16)19-18-20-17(21-23-18)14-9-5-2-6-10-14/h1-10,15-16H,11-12H2,(H,19,20,21)/t15-,16-/m1/s1. The molecule has 4 nitrogen and oxygen atoms in total. The third-order valence-corrected chi connectivity index (χ3v) is 4.63. The van der Waals surface area contributed by atoms with Crippen LogP contribution >= 0.6 is 11.5 Å². The maximum atomic E-state index is 5.91. The van der Waals surface area contributed by atoms with Crippen LogP contribution in [0.1, 0.15) is 18.1 Å². The van der Waals surface area contributed by atoms with Gasteiger partial charge in [0.2, 0.25) is 5.13 Å². The van der Waals surface area contributed by atoms with E-state index in [1.54, 1.807) is 0 Å². The second kappa shape index (κ2) is 6.48. The van der Waals surface area contributed by atoms with Crippen LogP contribution < -0.4 is 5.32 Å². The van der Waals surface area contributed by atoms with Gasteiger partial charge in [0.25, 0.3) is 0 Å². The lowest BCUT2D eigenvalue weighted by Gasteiger charge is -2.19. The van der Waals surface area contributed by atoms with Gasteiger partial charge < -0.3 is 10.1 Å². The molecule has 0 spiro atoms. The smallest absolute Gasteiger partial charge is 0.203 e. The molecule has 23 heavy (non-hydrogen) atoms. The van der Waals surface area contributed by atoms with E-state index in [-0.39, 0.29) is 12.1 Å². The average molecular weight is 323 g/mol. The molecule has 0 aliphatic carbocycles. The fourth-order valence-electron chi connectivity index (χ4n) is 2.85. The van der Waals surface area contributed by atoms with Crippen LogP contribution in [-0.4, -0.2) is 22.0 Å². The van der Waals surface area contributed by atoms with E-state index < -0.39 is 0 Å². The van der Waals surface area contributed by atoms with Crippen molar-refractivity contribution in [1.29, 1.82) is 0 Å². The molecule has 1 aromatic heterocycles. The average Bonchev–Trinajstić information content (AvgIpc) is 3.26. The van der Waals surface area contributed by atoms with Gasteiger partial charge in [0.15, 0.2) is 5.82 Å². The Morgan fingerprint density at radius 3 is 2.52 bits per heavy atom. The molecule has 1 aliphatic rings. The van der Waals surface area contributed by atoms with Crippen molar-refractivity contribution in [3.05, 3.63) is 66.2 Å². The summed E-state index contributed by atoms with van der Waals surface area (Å²) in [6.45, 7) is 0.765. The lowest BCUT2D eigenvalue weighted by molar-refractivity contribution is 0.107. The minimum Gasteiger partial charge on any atom is -0.371 e. The SMILES string of the molecule is c1ccc(-c2nsc(N[C@@H]3CCO[C@@H]3c3ccccc3)n2)cc1. The van der Waals surface area contributed by atoms with Crippen molar-refractivity contribution in [1.82, 2.24) is 9.36 Å². The molecule has 4 rings (SSSR count). The van der Waals surface area contributed by atoms with Gasteiger partial charge in [-0.15, -0.1) is 0 Å². The molecule has 0 bridgehead atoms. The molecular weight excluding hydrogens is 306 g/mol. The van der Waals surface area contributed by atoms with Gasteiger partial charge in [0.1, 0.15) is 6.10 Å². The number of hydrogen-bond donors (Lipinski definition) is 1. The largest absolute Gasteiger partial charge is 0.371 e. The quantitative estimate of drug-likeness (QED) is 0.783. The fraction of sp³-hybridized carbons (Fsp3) is 0.222. The summed E-state index contributed by atoms with van der Waals surface area (Å²) in [5.74, 6) is 0.772. The Hall–Kier alpha value is -2.24. The molecule has 0 radical (unpaired) electrons. The van der Waals surface area contributed by atoms with Crippen LogP contribution in [0.5, 0.6) is 0 Å². The predicted octanol–water partition coefficient (Wildman–Crippen LogP) is 4.15. The molecule has 1 saturated heterocycles. The van der Waals surface area contributed by atoms with Gasteiger partial charge in [-0.25, -0.2) is 0 Å². The highest BCUT2D eigenvalue weighted by Gasteiger charge is 2.30. The number of aromatic nitrogens is 2. The van der Waals surface area contributed by atoms with Crippen LogP contribution in [0.25, 0.3) is 11.4 Å². The normalized spacial score (nSPS) is 20.5. The van der Waals surface area contributed by atoms with Gasteiger partial charge in [0, 0.05) is 23.7 Å². The van der Waals surface area contributed by atoms with Crippen LogP contribution in [0.4, 0.5) is 5.13 Å². The Balaban J connectivity index is 1.51. The number of ether oxygens (including phenoxy) is 1. The Morgan fingerprint density at radius 1 is 1.00 bits per heavy atom. The van der Waals surface area contributed by atoms with Crippen molar-refractivity contribution < 1.29 is 4.74 Å². The minimum atomic E-state index is 0.0697. The monoisotopic (exact) mass is 323 g/mol. The van der Waals surface area contributed by atoms with Gasteiger partial charge in [-0.1, -0.05) is 60.7 Å². The molecule has 1 fully saturated rings. The van der Waals surface area contributed by atoms with E-state index in [9.17, 15) is 0 Å². The molecule has 0 amide bonds. The maximum absolute atomic E-state index is 5.91. The van der Waals surface area contributed by atoms with Gasteiger partial charge >= 0.3 is 0 Å². The van der Waals surface area contributed by atoms with E-state index in [4.69, 9.17) is 4.74 Å². The number of anilines is 1. The summed E-state index contributed by atoms with van der Waals surface area (Å²) in [7, 11) is 0. The van der Waals surface area contributed by atoms with Crippen molar-refractivity contribution >= 4 is 16.7 Å². The van der Waals surface area contributed by atoms with Crippen molar-refractivity contribution in [2.45, 2.75) is 18.6 Å². The van der Waals surface area contributed by atoms with Gasteiger partial charge in [-0.2, -0.15) is 9.36 Å². The van der Waals surface area contributed by atoms with Crippen molar-refractivity contribution in [3.8, 4) is 11.4 Å². The maximum Gasteiger partial charge on any atom is 0.203 e. The molecule has 1 N–H and O–H groups in total. The molecular formula is C18H17N3OS. The number of nitrogens with one attached hydrogen (secondary N) is 1. The summed E-state index contributed by atoms with van der Waals surface area (Å²) < 4.78 is 10.4. The number of nitrogens with zero attached hydrogens (tertiary/aromatic N) is 2. The molecule has 2 atom stereocenters. The zero-order valence-electron chi connectivity index (χ0n) is 12.6. The number of benzene rings is 2. The highest BCUT2D eigenvalue weighted by molar-refractivity contribution is 7.09. The molecule has 0 saturated carbocycles. The van der Waals surface area contributed by atoms with E-state index in [1.165, 1.54) is 17.1 Å². The summed E-state index contributed by atoms with van der Waals surface area (Å²) in [6.07, 6.45) is 1.04. The molecule has 3 aromatic rings. The van der Waals surface area contributed by atoms with Crippen LogP contribution in [0.3, 0.4) is 0 Å². The van der Waals surface area contributed by atoms with E-state index >= 15 is 0 Å². The number of rotatable bonds is 4. The van der Waals surface area contributed by atoms with Crippen molar-refractivity contribution in [2.75, 3.05) is 11.9 Å². The van der Waals surface area contributed by atoms with E-state index in [0.717, 1.165) is 29.5 Å². The molecule has 5 heteroatoms. The first kappa shape index (κ1) is 14.4. The molecule has 2 aromatic carbocycles. The van der Waals surface area contributed by atoms with Gasteiger partial charge in [-0.05, 0) is 12.0 Å².